The van der Waals surface area contributed by atoms with Crippen LogP contribution in [0.2, 0.25) is 0 Å². The van der Waals surface area contributed by atoms with E-state index in [1.807, 2.05) is 5.51 Å². The Morgan fingerprint density at radius 1 is 1.21 bits per heavy atom. The second-order valence-electron chi connectivity index (χ2n) is 4.50. The van der Waals surface area contributed by atoms with Gasteiger partial charge < -0.3 is 10.2 Å². The SMILES string of the molecule is CCN(CC)c1ccc(NC(C)c2cscn2)cc1. The lowest BCUT2D eigenvalue weighted by molar-refractivity contribution is 0.848. The molecular weight excluding hydrogens is 254 g/mol. The highest BCUT2D eigenvalue weighted by Crippen LogP contribution is 2.22. The number of thiazole rings is 1. The maximum atomic E-state index is 4.33. The molecule has 19 heavy (non-hydrogen) atoms. The number of nitrogens with one attached hydrogen (secondary N) is 1. The third kappa shape index (κ3) is 3.47. The lowest BCUT2D eigenvalue weighted by Gasteiger charge is -2.21. The predicted octanol–water partition coefficient (Wildman–Crippen LogP) is 4.16. The van der Waals surface area contributed by atoms with Crippen LogP contribution in [0.4, 0.5) is 11.4 Å². The van der Waals surface area contributed by atoms with Crippen molar-refractivity contribution in [1.29, 1.82) is 0 Å². The summed E-state index contributed by atoms with van der Waals surface area (Å²) in [5.74, 6) is 0. The topological polar surface area (TPSA) is 28.2 Å². The number of anilines is 2. The molecule has 1 N–H and O–H groups in total. The van der Waals surface area contributed by atoms with E-state index >= 15 is 0 Å². The van der Waals surface area contributed by atoms with Gasteiger partial charge in [-0.15, -0.1) is 11.3 Å². The lowest BCUT2D eigenvalue weighted by Crippen LogP contribution is -2.21. The summed E-state index contributed by atoms with van der Waals surface area (Å²) in [5, 5.41) is 5.56. The van der Waals surface area contributed by atoms with E-state index in [-0.39, 0.29) is 6.04 Å². The molecule has 0 saturated carbocycles. The van der Waals surface area contributed by atoms with Crippen molar-refractivity contribution in [2.45, 2.75) is 26.8 Å². The van der Waals surface area contributed by atoms with Gasteiger partial charge in [0.1, 0.15) is 0 Å². The van der Waals surface area contributed by atoms with E-state index in [0.717, 1.165) is 24.5 Å². The Morgan fingerprint density at radius 3 is 2.42 bits per heavy atom. The molecule has 1 atom stereocenters. The van der Waals surface area contributed by atoms with Crippen molar-refractivity contribution >= 4 is 22.7 Å². The number of benzene rings is 1. The minimum Gasteiger partial charge on any atom is -0.377 e. The molecule has 1 heterocycles. The number of nitrogens with zero attached hydrogens (tertiary/aromatic N) is 2. The minimum atomic E-state index is 0.241. The monoisotopic (exact) mass is 275 g/mol. The fourth-order valence-corrected chi connectivity index (χ4v) is 2.76. The van der Waals surface area contributed by atoms with Crippen LogP contribution in [-0.4, -0.2) is 18.1 Å². The maximum Gasteiger partial charge on any atom is 0.0795 e. The van der Waals surface area contributed by atoms with Crippen molar-refractivity contribution < 1.29 is 0 Å². The minimum absolute atomic E-state index is 0.241. The molecule has 0 aliphatic heterocycles. The first-order chi connectivity index (χ1) is 9.24. The van der Waals surface area contributed by atoms with E-state index < -0.39 is 0 Å². The van der Waals surface area contributed by atoms with E-state index in [0.29, 0.717) is 0 Å². The number of hydrogen-bond donors (Lipinski definition) is 1. The van der Waals surface area contributed by atoms with Crippen molar-refractivity contribution in [2.75, 3.05) is 23.3 Å². The summed E-state index contributed by atoms with van der Waals surface area (Å²) in [6.45, 7) is 8.57. The summed E-state index contributed by atoms with van der Waals surface area (Å²) in [6, 6.07) is 8.85. The third-order valence-electron chi connectivity index (χ3n) is 3.27. The standard InChI is InChI=1S/C15H21N3S/c1-4-18(5-2)14-8-6-13(7-9-14)17-12(3)15-10-19-11-16-15/h6-12,17H,4-5H2,1-3H3. The first-order valence-electron chi connectivity index (χ1n) is 6.74. The molecule has 1 aromatic carbocycles. The average molecular weight is 275 g/mol. The molecule has 2 rings (SSSR count). The Hall–Kier alpha value is -1.55. The van der Waals surface area contributed by atoms with E-state index in [1.165, 1.54) is 5.69 Å². The number of rotatable bonds is 6. The highest BCUT2D eigenvalue weighted by molar-refractivity contribution is 7.07. The third-order valence-corrected chi connectivity index (χ3v) is 3.88. The van der Waals surface area contributed by atoms with Crippen LogP contribution in [0.5, 0.6) is 0 Å². The van der Waals surface area contributed by atoms with Crippen LogP contribution in [0, 0.1) is 0 Å². The molecule has 0 amide bonds. The molecule has 0 aliphatic rings. The molecule has 0 radical (unpaired) electrons. The lowest BCUT2D eigenvalue weighted by atomic mass is 10.2. The van der Waals surface area contributed by atoms with Gasteiger partial charge in [-0.05, 0) is 45.0 Å². The summed E-state index contributed by atoms with van der Waals surface area (Å²) in [6.07, 6.45) is 0. The van der Waals surface area contributed by atoms with Crippen molar-refractivity contribution in [3.05, 3.63) is 40.8 Å². The first kappa shape index (κ1) is 13.9. The van der Waals surface area contributed by atoms with E-state index in [4.69, 9.17) is 0 Å². The summed E-state index contributed by atoms with van der Waals surface area (Å²) in [5.41, 5.74) is 5.38. The Labute approximate surface area is 119 Å². The normalized spacial score (nSPS) is 12.2. The van der Waals surface area contributed by atoms with Gasteiger partial charge in [0.2, 0.25) is 0 Å². The maximum absolute atomic E-state index is 4.33. The van der Waals surface area contributed by atoms with Crippen LogP contribution >= 0.6 is 11.3 Å². The quantitative estimate of drug-likeness (QED) is 0.858. The van der Waals surface area contributed by atoms with Gasteiger partial charge in [0.15, 0.2) is 0 Å². The second-order valence-corrected chi connectivity index (χ2v) is 5.22. The Balaban J connectivity index is 2.02. The molecule has 0 aliphatic carbocycles. The summed E-state index contributed by atoms with van der Waals surface area (Å²) in [4.78, 5) is 6.67. The second kappa shape index (κ2) is 6.57. The smallest absolute Gasteiger partial charge is 0.0795 e. The summed E-state index contributed by atoms with van der Waals surface area (Å²) in [7, 11) is 0. The molecule has 2 aromatic rings. The molecule has 102 valence electrons. The van der Waals surface area contributed by atoms with Crippen LogP contribution in [0.25, 0.3) is 0 Å². The van der Waals surface area contributed by atoms with Gasteiger partial charge in [-0.2, -0.15) is 0 Å². The highest BCUT2D eigenvalue weighted by atomic mass is 32.1. The van der Waals surface area contributed by atoms with Gasteiger partial charge in [-0.1, -0.05) is 0 Å². The van der Waals surface area contributed by atoms with Crippen LogP contribution in [0.3, 0.4) is 0 Å². The molecule has 0 saturated heterocycles. The summed E-state index contributed by atoms with van der Waals surface area (Å²) < 4.78 is 0. The Bertz CT molecular complexity index is 475. The first-order valence-corrected chi connectivity index (χ1v) is 7.68. The largest absolute Gasteiger partial charge is 0.377 e. The number of aromatic nitrogens is 1. The van der Waals surface area contributed by atoms with Crippen LogP contribution in [0.1, 0.15) is 32.5 Å². The summed E-state index contributed by atoms with van der Waals surface area (Å²) >= 11 is 1.63. The zero-order valence-corrected chi connectivity index (χ0v) is 12.6. The molecule has 1 unspecified atom stereocenters. The highest BCUT2D eigenvalue weighted by Gasteiger charge is 2.07. The number of hydrogen-bond acceptors (Lipinski definition) is 4. The van der Waals surface area contributed by atoms with Gasteiger partial charge in [-0.3, -0.25) is 0 Å². The van der Waals surface area contributed by atoms with Crippen LogP contribution < -0.4 is 10.2 Å². The van der Waals surface area contributed by atoms with Gasteiger partial charge in [0.05, 0.1) is 17.2 Å². The van der Waals surface area contributed by atoms with Crippen molar-refractivity contribution in [3.8, 4) is 0 Å². The molecule has 3 nitrogen and oxygen atoms in total. The van der Waals surface area contributed by atoms with Crippen LogP contribution in [-0.2, 0) is 0 Å². The molecule has 0 bridgehead atoms. The molecular formula is C15H21N3S. The van der Waals surface area contributed by atoms with Gasteiger partial charge in [-0.25, -0.2) is 4.98 Å². The fourth-order valence-electron chi connectivity index (χ4n) is 2.12. The van der Waals surface area contributed by atoms with Crippen LogP contribution in [0.15, 0.2) is 35.2 Å². The van der Waals surface area contributed by atoms with Crippen molar-refractivity contribution in [3.63, 3.8) is 0 Å². The Kier molecular flexibility index (Phi) is 4.80. The zero-order chi connectivity index (χ0) is 13.7. The molecule has 4 heteroatoms. The molecule has 1 aromatic heterocycles. The van der Waals surface area contributed by atoms with Crippen molar-refractivity contribution in [2.24, 2.45) is 0 Å². The van der Waals surface area contributed by atoms with E-state index in [2.05, 4.69) is 65.6 Å². The fraction of sp³-hybridized carbons (Fsp3) is 0.400. The van der Waals surface area contributed by atoms with Gasteiger partial charge in [0.25, 0.3) is 0 Å². The zero-order valence-electron chi connectivity index (χ0n) is 11.8. The van der Waals surface area contributed by atoms with Gasteiger partial charge in [0, 0.05) is 29.8 Å². The predicted molar refractivity (Wildman–Crippen MR) is 84.2 cm³/mol. The van der Waals surface area contributed by atoms with Gasteiger partial charge >= 0.3 is 0 Å². The van der Waals surface area contributed by atoms with E-state index in [1.54, 1.807) is 11.3 Å². The van der Waals surface area contributed by atoms with E-state index in [9.17, 15) is 0 Å². The molecule has 0 fully saturated rings. The molecule has 0 spiro atoms. The van der Waals surface area contributed by atoms with Crippen molar-refractivity contribution in [1.82, 2.24) is 4.98 Å². The average Bonchev–Trinajstić information content (AvgIpc) is 2.96. The Morgan fingerprint density at radius 2 is 1.89 bits per heavy atom.